The van der Waals surface area contributed by atoms with Crippen molar-refractivity contribution in [2.24, 2.45) is 0 Å². The van der Waals surface area contributed by atoms with Gasteiger partial charge in [0, 0.05) is 0 Å². The van der Waals surface area contributed by atoms with Crippen LogP contribution < -0.4 is 69.7 Å². The number of hydrogen-bond donors (Lipinski definition) is 13. The van der Waals surface area contributed by atoms with E-state index in [4.69, 9.17) is 29.2 Å². The van der Waals surface area contributed by atoms with Gasteiger partial charge in [-0.2, -0.15) is 0 Å². The van der Waals surface area contributed by atoms with Gasteiger partial charge in [0.1, 0.15) is 73.3 Å². The summed E-state index contributed by atoms with van der Waals surface area (Å²) in [6.07, 6.45) is -0.495. The number of nitrogens with one attached hydrogen (secondary N) is 10. The molecule has 538 valence electrons. The molecular weight excluding hydrogens is 1260 g/mol. The first kappa shape index (κ1) is 79.3. The van der Waals surface area contributed by atoms with Gasteiger partial charge in [0.25, 0.3) is 5.91 Å². The Morgan fingerprint density at radius 2 is 0.845 bits per heavy atom. The summed E-state index contributed by atoms with van der Waals surface area (Å²) >= 11 is 0. The number of nitrogen functional groups attached to an aromatic ring is 1. The number of methoxy groups -OCH3 is 1. The second-order valence-electron chi connectivity index (χ2n) is 30.5. The standard InChI is InChI=1S/C63H100BN16O17/c1-53(2,69-29-33-27-25-26-28-34(33)64(94-24)96-37-35(30-81)95-41(38(37)97-64)80-32-68-36-39(65)66-31-67-40(36)80)42(82)70-54(3,4)43(83)71-55(5,6)44(84)72-56(7,8)45(85)73-57(9,10)46(86)74-58(11,12)47(87)75-59(13,14)48(88)76-60(15,16)49(89)77-61(17,18)50(90)78-62(19,20)51(91)79-63(21,22)52(92)93-23/h25-28,31-32,35,37-38,41,69,81H,29-30H2,1-24H3,(H,70,82)(H,71,83)(H,72,84)(H,73,85)(H,74,86)(H,75,87)(H,76,88)(H,77,89)(H,78,90)(H,79,91)(H2,65,66,67)/q-1/p+1/t35-,37-,38-,41-,64-/m1/s1/i21+1/t35-,37-,38-,41-,63+,64-. The number of fused-ring (bicyclic) bond motifs is 2. The predicted octanol–water partition coefficient (Wildman–Crippen LogP) is -2.46. The number of nitrogens with zero attached hydrogens (tertiary/aromatic N) is 4. The van der Waals surface area contributed by atoms with Gasteiger partial charge < -0.3 is 92.8 Å². The number of aromatic nitrogens is 4. The third-order valence-electron chi connectivity index (χ3n) is 17.0. The maximum absolute atomic E-state index is 14.2. The summed E-state index contributed by atoms with van der Waals surface area (Å²) in [5.41, 5.74) is -9.92. The zero-order valence-corrected chi connectivity index (χ0v) is 60.2. The van der Waals surface area contributed by atoms with Gasteiger partial charge in [-0.05, 0) is 165 Å². The number of hydrogen-bond acceptors (Lipinski definition) is 21. The second-order valence-corrected chi connectivity index (χ2v) is 30.5. The number of amides is 10. The van der Waals surface area contributed by atoms with Crippen LogP contribution in [0.5, 0.6) is 0 Å². The molecule has 10 amide bonds. The van der Waals surface area contributed by atoms with E-state index in [1.54, 1.807) is 41.9 Å². The van der Waals surface area contributed by atoms with Crippen molar-refractivity contribution in [3.05, 3.63) is 42.5 Å². The summed E-state index contributed by atoms with van der Waals surface area (Å²) in [5, 5.41) is 38.3. The van der Waals surface area contributed by atoms with Crippen LogP contribution in [0.4, 0.5) is 5.82 Å². The molecule has 3 aromatic rings. The van der Waals surface area contributed by atoms with Crippen LogP contribution in [0.1, 0.15) is 164 Å². The van der Waals surface area contributed by atoms with E-state index in [1.165, 1.54) is 158 Å². The number of anilines is 1. The van der Waals surface area contributed by atoms with Crippen molar-refractivity contribution in [3.63, 3.8) is 0 Å². The highest BCUT2D eigenvalue weighted by atomic mass is 16.8. The van der Waals surface area contributed by atoms with Gasteiger partial charge in [-0.15, -0.1) is 5.46 Å². The third kappa shape index (κ3) is 17.7. The molecule has 33 nitrogen and oxygen atoms in total. The molecular formula is C63H101BN16O17. The van der Waals surface area contributed by atoms with E-state index in [2.05, 4.69) is 68.1 Å². The van der Waals surface area contributed by atoms with Crippen LogP contribution in [0.2, 0.25) is 0 Å². The van der Waals surface area contributed by atoms with Crippen molar-refractivity contribution in [1.82, 2.24) is 72.7 Å². The number of quaternary nitrogens is 1. The Morgan fingerprint density at radius 3 is 1.20 bits per heavy atom. The average Bonchev–Trinajstić information content (AvgIpc) is 1.57. The van der Waals surface area contributed by atoms with Crippen LogP contribution in [0.25, 0.3) is 11.2 Å². The number of imidazole rings is 1. The highest BCUT2D eigenvalue weighted by molar-refractivity contribution is 6.76. The van der Waals surface area contributed by atoms with E-state index in [9.17, 15) is 57.8 Å². The zero-order valence-electron chi connectivity index (χ0n) is 60.2. The largest absolute Gasteiger partial charge is 0.543 e. The molecule has 2 aromatic heterocycles. The SMILES string of the molecule is COC(=O)[C@@](C)([13CH3])NC(=O)C(C)(C)NC(=O)C(C)(C)NC(=O)C(C)(C)NC(=O)C(C)(C)NC(=O)C(C)(C)NC(=O)C(C)(C)NC(=O)C(C)(C)NC(=O)C(C)(C)NC(=O)C(C)(C)NC(=O)C(C)(C)[NH2+]Cc1ccccc1[B@-]1(OC)O[C@@H]2[C@H](O1)[C@@H](CO)O[C@H]2n1cnc2c(N)ncnc21. The average molecular weight is 1370 g/mol. The molecule has 15 N–H and O–H groups in total. The van der Waals surface area contributed by atoms with Gasteiger partial charge >= 0.3 is 12.7 Å². The summed E-state index contributed by atoms with van der Waals surface area (Å²) < 4.78 is 31.9. The molecule has 5 rings (SSSR count). The predicted molar refractivity (Wildman–Crippen MR) is 353 cm³/mol. The Balaban J connectivity index is 1.14. The summed E-state index contributed by atoms with van der Waals surface area (Å²) in [6, 6.07) is 7.20. The Kier molecular flexibility index (Phi) is 22.7. The van der Waals surface area contributed by atoms with Crippen molar-refractivity contribution >= 4 is 94.2 Å². The van der Waals surface area contributed by atoms with Gasteiger partial charge in [0.2, 0.25) is 53.2 Å². The van der Waals surface area contributed by atoms with Gasteiger partial charge in [-0.25, -0.2) is 19.7 Å². The number of benzene rings is 1. The highest BCUT2D eigenvalue weighted by Crippen LogP contribution is 2.43. The molecule has 1 aromatic carbocycles. The first-order valence-electron chi connectivity index (χ1n) is 31.5. The lowest BCUT2D eigenvalue weighted by atomic mass is 9.67. The molecule has 34 heteroatoms. The third-order valence-corrected chi connectivity index (χ3v) is 17.0. The van der Waals surface area contributed by atoms with E-state index >= 15 is 0 Å². The molecule has 2 saturated heterocycles. The minimum atomic E-state index is -2.69. The summed E-state index contributed by atoms with van der Waals surface area (Å²) in [4.78, 5) is 163. The summed E-state index contributed by atoms with van der Waals surface area (Å²) in [6.45, 7) is 28.1. The van der Waals surface area contributed by atoms with E-state index in [0.717, 1.165) is 7.11 Å². The van der Waals surface area contributed by atoms with Crippen LogP contribution in [0, 0.1) is 0 Å². The molecule has 0 saturated carbocycles. The van der Waals surface area contributed by atoms with Crippen molar-refractivity contribution in [2.45, 2.75) is 244 Å². The zero-order chi connectivity index (χ0) is 74.2. The molecule has 2 aliphatic rings. The minimum absolute atomic E-state index is 0.168. The molecule has 0 spiro atoms. The van der Waals surface area contributed by atoms with Crippen LogP contribution in [-0.4, -0.2) is 196 Å². The Labute approximate surface area is 565 Å². The molecule has 0 radical (unpaired) electrons. The smallest absolute Gasteiger partial charge is 0.410 e. The van der Waals surface area contributed by atoms with Gasteiger partial charge in [0.05, 0.1) is 38.8 Å². The summed E-state index contributed by atoms with van der Waals surface area (Å²) in [5.74, 6) is -8.39. The first-order valence-corrected chi connectivity index (χ1v) is 31.5. The van der Waals surface area contributed by atoms with Gasteiger partial charge in [-0.3, -0.25) is 52.5 Å². The fourth-order valence-electron chi connectivity index (χ4n) is 10.0. The molecule has 4 heterocycles. The first-order chi connectivity index (χ1) is 44.0. The maximum atomic E-state index is 14.2. The topological polar surface area (TPSA) is 461 Å². The lowest BCUT2D eigenvalue weighted by molar-refractivity contribution is -0.720. The fraction of sp³-hybridized carbons (Fsp3) is 0.651. The van der Waals surface area contributed by atoms with Crippen LogP contribution in [-0.2, 0) is 82.7 Å². The van der Waals surface area contributed by atoms with E-state index in [0.29, 0.717) is 22.2 Å². The van der Waals surface area contributed by atoms with Crippen LogP contribution in [0.15, 0.2) is 36.9 Å². The second kappa shape index (κ2) is 27.8. The van der Waals surface area contributed by atoms with Crippen molar-refractivity contribution in [2.75, 3.05) is 26.6 Å². The van der Waals surface area contributed by atoms with E-state index in [1.807, 2.05) is 6.07 Å². The van der Waals surface area contributed by atoms with E-state index in [-0.39, 0.29) is 12.4 Å². The van der Waals surface area contributed by atoms with E-state index < -0.39 is 164 Å². The minimum Gasteiger partial charge on any atom is -0.543 e. The van der Waals surface area contributed by atoms with Gasteiger partial charge in [0.15, 0.2) is 23.2 Å². The lowest BCUT2D eigenvalue weighted by Crippen LogP contribution is -2.97. The number of rotatable bonds is 28. The number of ether oxygens (including phenoxy) is 2. The molecule has 97 heavy (non-hydrogen) atoms. The van der Waals surface area contributed by atoms with Crippen molar-refractivity contribution in [3.8, 4) is 0 Å². The molecule has 6 atom stereocenters. The number of nitrogens with two attached hydrogens (primary N) is 2. The lowest BCUT2D eigenvalue weighted by Gasteiger charge is -2.39. The van der Waals surface area contributed by atoms with Crippen molar-refractivity contribution < 1.29 is 86.6 Å². The summed E-state index contributed by atoms with van der Waals surface area (Å²) in [7, 11) is 2.60. The number of carbonyl (C=O) groups excluding carboxylic acids is 11. The van der Waals surface area contributed by atoms with Crippen molar-refractivity contribution in [1.29, 1.82) is 0 Å². The molecule has 0 aliphatic carbocycles. The Hall–Kier alpha value is -8.44. The molecule has 0 bridgehead atoms. The molecule has 2 aliphatic heterocycles. The number of esters is 1. The molecule has 0 unspecified atom stereocenters. The Bertz CT molecular complexity index is 3580. The quantitative estimate of drug-likeness (QED) is 0.0204. The Morgan fingerprint density at radius 1 is 0.505 bits per heavy atom. The maximum Gasteiger partial charge on any atom is 0.410 e. The fourth-order valence-corrected chi connectivity index (χ4v) is 10.0. The number of aliphatic hydroxyl groups excluding tert-OH is 1. The van der Waals surface area contributed by atoms with Crippen LogP contribution in [0.3, 0.4) is 0 Å². The van der Waals surface area contributed by atoms with Gasteiger partial charge in [-0.1, -0.05) is 24.3 Å². The monoisotopic (exact) mass is 1370 g/mol. The normalized spacial score (nSPS) is 19.4. The number of carbonyl (C=O) groups is 11. The highest BCUT2D eigenvalue weighted by Gasteiger charge is 2.57. The number of aliphatic hydroxyl groups is 1. The van der Waals surface area contributed by atoms with Crippen LogP contribution >= 0.6 is 0 Å². The molecule has 2 fully saturated rings.